The number of aromatic nitrogens is 3. The molecule has 1 N–H and O–H groups in total. The van der Waals surface area contributed by atoms with Crippen molar-refractivity contribution in [3.8, 4) is 0 Å². The lowest BCUT2D eigenvalue weighted by Gasteiger charge is -2.36. The fourth-order valence-electron chi connectivity index (χ4n) is 2.70. The second-order valence-corrected chi connectivity index (χ2v) is 5.81. The minimum atomic E-state index is -0.434. The summed E-state index contributed by atoms with van der Waals surface area (Å²) in [5.74, 6) is 0.600. The van der Waals surface area contributed by atoms with Gasteiger partial charge in [0.1, 0.15) is 16.1 Å². The number of hydrogen-bond donors (Lipinski definition) is 1. The third-order valence-corrected chi connectivity index (χ3v) is 4.06. The normalized spacial score (nSPS) is 18.8. The highest BCUT2D eigenvalue weighted by molar-refractivity contribution is 6.29. The van der Waals surface area contributed by atoms with Crippen molar-refractivity contribution in [3.63, 3.8) is 0 Å². The number of rotatable bonds is 2. The van der Waals surface area contributed by atoms with Gasteiger partial charge < -0.3 is 4.90 Å². The molecule has 1 fully saturated rings. The van der Waals surface area contributed by atoms with Gasteiger partial charge in [-0.1, -0.05) is 29.3 Å². The van der Waals surface area contributed by atoms with Gasteiger partial charge >= 0.3 is 5.69 Å². The average Bonchev–Trinajstić information content (AvgIpc) is 2.47. The Hall–Kier alpha value is -1.59. The van der Waals surface area contributed by atoms with Crippen molar-refractivity contribution < 1.29 is 0 Å². The molecule has 0 amide bonds. The molecule has 0 aromatic carbocycles. The Kier molecular flexibility index (Phi) is 4.12. The molecule has 0 radical (unpaired) electrons. The molecule has 1 unspecified atom stereocenters. The van der Waals surface area contributed by atoms with E-state index in [0.29, 0.717) is 16.1 Å². The summed E-state index contributed by atoms with van der Waals surface area (Å²) in [4.78, 5) is 24.3. The molecule has 0 bridgehead atoms. The van der Waals surface area contributed by atoms with Crippen LogP contribution in [0, 0.1) is 0 Å². The zero-order valence-corrected chi connectivity index (χ0v) is 12.7. The Balaban J connectivity index is 1.97. The van der Waals surface area contributed by atoms with E-state index in [9.17, 15) is 4.79 Å². The molecule has 1 aliphatic rings. The Bertz CT molecular complexity index is 686. The summed E-state index contributed by atoms with van der Waals surface area (Å²) < 4.78 is 0. The van der Waals surface area contributed by atoms with Crippen LogP contribution in [0.5, 0.6) is 0 Å². The number of anilines is 1. The maximum atomic E-state index is 11.5. The minimum Gasteiger partial charge on any atom is -0.349 e. The zero-order chi connectivity index (χ0) is 14.8. The predicted octanol–water partition coefficient (Wildman–Crippen LogP) is 3.20. The van der Waals surface area contributed by atoms with Gasteiger partial charge in [0.05, 0.1) is 6.04 Å². The van der Waals surface area contributed by atoms with Crippen LogP contribution in [0.2, 0.25) is 10.3 Å². The fraction of sp³-hybridized carbons (Fsp3) is 0.357. The third-order valence-electron chi connectivity index (χ3n) is 3.63. The summed E-state index contributed by atoms with van der Waals surface area (Å²) in [6.07, 6.45) is 4.94. The monoisotopic (exact) mass is 324 g/mol. The van der Waals surface area contributed by atoms with Gasteiger partial charge in [-0.05, 0) is 30.9 Å². The van der Waals surface area contributed by atoms with E-state index in [1.54, 1.807) is 18.3 Å². The quantitative estimate of drug-likeness (QED) is 0.680. The number of aromatic amines is 1. The molecule has 3 heterocycles. The molecular weight excluding hydrogens is 311 g/mol. The van der Waals surface area contributed by atoms with Crippen molar-refractivity contribution in [1.29, 1.82) is 0 Å². The smallest absolute Gasteiger partial charge is 0.348 e. The van der Waals surface area contributed by atoms with Gasteiger partial charge in [-0.2, -0.15) is 4.98 Å². The number of H-pyrrole nitrogens is 1. The standard InChI is InChI=1S/C14H14Cl2N4O/c15-11-5-4-9(8-17-11)10-3-1-2-6-20(10)13-7-12(16)18-14(21)19-13/h4-5,7-8,10H,1-3,6H2,(H,18,19,21). The number of halogens is 2. The summed E-state index contributed by atoms with van der Waals surface area (Å²) in [6.45, 7) is 0.833. The molecule has 2 aromatic rings. The summed E-state index contributed by atoms with van der Waals surface area (Å²) in [5, 5.41) is 0.766. The van der Waals surface area contributed by atoms with Crippen LogP contribution in [0.4, 0.5) is 5.82 Å². The Morgan fingerprint density at radius 3 is 2.86 bits per heavy atom. The van der Waals surface area contributed by atoms with Gasteiger partial charge in [0.25, 0.3) is 0 Å². The van der Waals surface area contributed by atoms with Crippen LogP contribution in [0.25, 0.3) is 0 Å². The summed E-state index contributed by atoms with van der Waals surface area (Å²) in [6, 6.07) is 5.56. The number of hydrogen-bond acceptors (Lipinski definition) is 4. The summed E-state index contributed by atoms with van der Waals surface area (Å²) in [7, 11) is 0. The molecule has 0 aliphatic carbocycles. The largest absolute Gasteiger partial charge is 0.349 e. The molecule has 5 nitrogen and oxygen atoms in total. The van der Waals surface area contributed by atoms with E-state index < -0.39 is 5.69 Å². The Morgan fingerprint density at radius 2 is 2.14 bits per heavy atom. The molecular formula is C14H14Cl2N4O. The highest BCUT2D eigenvalue weighted by Gasteiger charge is 2.25. The van der Waals surface area contributed by atoms with Crippen molar-refractivity contribution in [3.05, 3.63) is 50.7 Å². The van der Waals surface area contributed by atoms with Crippen LogP contribution in [0.15, 0.2) is 29.2 Å². The van der Waals surface area contributed by atoms with Crippen molar-refractivity contribution in [2.75, 3.05) is 11.4 Å². The van der Waals surface area contributed by atoms with Crippen LogP contribution in [0.3, 0.4) is 0 Å². The van der Waals surface area contributed by atoms with Crippen LogP contribution >= 0.6 is 23.2 Å². The lowest BCUT2D eigenvalue weighted by molar-refractivity contribution is 0.468. The first-order valence-corrected chi connectivity index (χ1v) is 7.54. The van der Waals surface area contributed by atoms with Gasteiger partial charge in [-0.15, -0.1) is 0 Å². The van der Waals surface area contributed by atoms with Crippen molar-refractivity contribution in [2.45, 2.75) is 25.3 Å². The van der Waals surface area contributed by atoms with E-state index in [4.69, 9.17) is 23.2 Å². The zero-order valence-electron chi connectivity index (χ0n) is 11.2. The number of nitrogens with one attached hydrogen (secondary N) is 1. The average molecular weight is 325 g/mol. The van der Waals surface area contributed by atoms with Gasteiger partial charge in [0, 0.05) is 18.8 Å². The maximum absolute atomic E-state index is 11.5. The number of piperidine rings is 1. The van der Waals surface area contributed by atoms with E-state index in [-0.39, 0.29) is 6.04 Å². The minimum absolute atomic E-state index is 0.133. The van der Waals surface area contributed by atoms with E-state index in [0.717, 1.165) is 31.4 Å². The van der Waals surface area contributed by atoms with E-state index in [2.05, 4.69) is 19.9 Å². The molecule has 110 valence electrons. The topological polar surface area (TPSA) is 61.9 Å². The molecule has 0 spiro atoms. The summed E-state index contributed by atoms with van der Waals surface area (Å²) >= 11 is 11.8. The lowest BCUT2D eigenvalue weighted by atomic mass is 9.96. The second-order valence-electron chi connectivity index (χ2n) is 5.01. The highest BCUT2D eigenvalue weighted by atomic mass is 35.5. The van der Waals surface area contributed by atoms with E-state index >= 15 is 0 Å². The van der Waals surface area contributed by atoms with Gasteiger partial charge in [-0.3, -0.25) is 4.98 Å². The number of nitrogens with zero attached hydrogens (tertiary/aromatic N) is 3. The first-order valence-electron chi connectivity index (χ1n) is 6.78. The van der Waals surface area contributed by atoms with Gasteiger partial charge in [0.2, 0.25) is 0 Å². The second kappa shape index (κ2) is 6.03. The molecule has 7 heteroatoms. The number of pyridine rings is 1. The van der Waals surface area contributed by atoms with Gasteiger partial charge in [0.15, 0.2) is 0 Å². The van der Waals surface area contributed by atoms with Crippen molar-refractivity contribution >= 4 is 29.0 Å². The SMILES string of the molecule is O=c1nc(N2CCCCC2c2ccc(Cl)nc2)cc(Cl)[nH]1. The Labute approximate surface area is 131 Å². The molecule has 2 aromatic heterocycles. The molecule has 0 saturated carbocycles. The maximum Gasteiger partial charge on any atom is 0.348 e. The summed E-state index contributed by atoms with van der Waals surface area (Å²) in [5.41, 5.74) is 0.633. The molecule has 21 heavy (non-hydrogen) atoms. The lowest BCUT2D eigenvalue weighted by Crippen LogP contribution is -2.35. The van der Waals surface area contributed by atoms with Crippen molar-refractivity contribution in [2.24, 2.45) is 0 Å². The predicted molar refractivity (Wildman–Crippen MR) is 83.1 cm³/mol. The molecule has 1 atom stereocenters. The third kappa shape index (κ3) is 3.19. The van der Waals surface area contributed by atoms with E-state index in [1.807, 2.05) is 6.07 Å². The van der Waals surface area contributed by atoms with Crippen LogP contribution in [-0.4, -0.2) is 21.5 Å². The first-order chi connectivity index (χ1) is 10.1. The fourth-order valence-corrected chi connectivity index (χ4v) is 2.99. The molecule has 1 saturated heterocycles. The van der Waals surface area contributed by atoms with Crippen LogP contribution in [-0.2, 0) is 0 Å². The van der Waals surface area contributed by atoms with Crippen molar-refractivity contribution in [1.82, 2.24) is 15.0 Å². The molecule has 1 aliphatic heterocycles. The van der Waals surface area contributed by atoms with E-state index in [1.165, 1.54) is 0 Å². The Morgan fingerprint density at radius 1 is 1.29 bits per heavy atom. The van der Waals surface area contributed by atoms with Gasteiger partial charge in [-0.25, -0.2) is 9.78 Å². The molecule has 3 rings (SSSR count). The van der Waals surface area contributed by atoms with Crippen LogP contribution in [0.1, 0.15) is 30.9 Å². The first kappa shape index (κ1) is 14.4. The van der Waals surface area contributed by atoms with Crippen LogP contribution < -0.4 is 10.6 Å². The highest BCUT2D eigenvalue weighted by Crippen LogP contribution is 2.34.